The predicted octanol–water partition coefficient (Wildman–Crippen LogP) is 2.38. The predicted molar refractivity (Wildman–Crippen MR) is 46.7 cm³/mol. The molecule has 0 amide bonds. The lowest BCUT2D eigenvalue weighted by Crippen LogP contribution is -2.19. The van der Waals surface area contributed by atoms with E-state index in [1.54, 1.807) is 0 Å². The largest absolute Gasteiger partial charge is 0.504 e. The third-order valence-electron chi connectivity index (χ3n) is 1.62. The Bertz CT molecular complexity index is 355. The molecule has 2 nitrogen and oxygen atoms in total. The number of halogens is 4. The minimum Gasteiger partial charge on any atom is -0.504 e. The van der Waals surface area contributed by atoms with Gasteiger partial charge in [0.25, 0.3) is 5.92 Å². The van der Waals surface area contributed by atoms with Gasteiger partial charge in [0, 0.05) is 4.47 Å². The Labute approximate surface area is 86.1 Å². The summed E-state index contributed by atoms with van der Waals surface area (Å²) in [7, 11) is 0. The fraction of sp³-hybridized carbons (Fsp3) is 0.250. The molecule has 0 aromatic heterocycles. The first-order valence-corrected chi connectivity index (χ1v) is 4.35. The first kappa shape index (κ1) is 11.3. The van der Waals surface area contributed by atoms with Crippen molar-refractivity contribution in [2.45, 2.75) is 5.92 Å². The van der Waals surface area contributed by atoms with Crippen molar-refractivity contribution in [2.75, 3.05) is 6.61 Å². The molecular formula is C8H6BrF3O2. The van der Waals surface area contributed by atoms with Gasteiger partial charge in [-0.3, -0.25) is 0 Å². The van der Waals surface area contributed by atoms with Crippen LogP contribution in [0.2, 0.25) is 0 Å². The first-order valence-electron chi connectivity index (χ1n) is 3.55. The molecule has 0 unspecified atom stereocenters. The summed E-state index contributed by atoms with van der Waals surface area (Å²) in [6.45, 7) is -1.49. The second-order valence-electron chi connectivity index (χ2n) is 2.65. The van der Waals surface area contributed by atoms with Gasteiger partial charge in [-0.05, 0) is 12.1 Å². The van der Waals surface area contributed by atoms with Crippen molar-refractivity contribution < 1.29 is 23.4 Å². The molecular weight excluding hydrogens is 265 g/mol. The average Bonchev–Trinajstić information content (AvgIpc) is 2.11. The van der Waals surface area contributed by atoms with Crippen LogP contribution in [0.25, 0.3) is 0 Å². The second kappa shape index (κ2) is 3.78. The van der Waals surface area contributed by atoms with Gasteiger partial charge in [-0.2, -0.15) is 8.78 Å². The van der Waals surface area contributed by atoms with Crippen molar-refractivity contribution in [1.29, 1.82) is 0 Å². The third-order valence-corrected chi connectivity index (χ3v) is 2.08. The Morgan fingerprint density at radius 1 is 1.36 bits per heavy atom. The summed E-state index contributed by atoms with van der Waals surface area (Å²) in [5.74, 6) is -5.97. The Kier molecular flexibility index (Phi) is 3.06. The lowest BCUT2D eigenvalue weighted by molar-refractivity contribution is -0.0574. The standard InChI is InChI=1S/C8H6BrF3O2/c9-4-1-5(8(11,12)3-13)7(14)6(10)2-4/h1-2,13-14H,3H2. The Morgan fingerprint density at radius 2 is 1.93 bits per heavy atom. The van der Waals surface area contributed by atoms with E-state index in [1.165, 1.54) is 0 Å². The lowest BCUT2D eigenvalue weighted by atomic mass is 10.1. The number of aliphatic hydroxyl groups is 1. The van der Waals surface area contributed by atoms with Gasteiger partial charge < -0.3 is 10.2 Å². The summed E-state index contributed by atoms with van der Waals surface area (Å²) in [6, 6.07) is 1.71. The van der Waals surface area contributed by atoms with Gasteiger partial charge in [0.15, 0.2) is 11.6 Å². The molecule has 1 rings (SSSR count). The normalized spacial score (nSPS) is 11.8. The molecule has 0 aliphatic carbocycles. The fourth-order valence-electron chi connectivity index (χ4n) is 0.930. The molecule has 1 aromatic carbocycles. The highest BCUT2D eigenvalue weighted by Crippen LogP contribution is 2.37. The summed E-state index contributed by atoms with van der Waals surface area (Å²) in [4.78, 5) is 0. The summed E-state index contributed by atoms with van der Waals surface area (Å²) in [6.07, 6.45) is 0. The maximum atomic E-state index is 12.9. The summed E-state index contributed by atoms with van der Waals surface area (Å²) in [5.41, 5.74) is -0.938. The van der Waals surface area contributed by atoms with Crippen LogP contribution >= 0.6 is 15.9 Å². The minimum atomic E-state index is -3.66. The van der Waals surface area contributed by atoms with E-state index in [1.807, 2.05) is 0 Å². The van der Waals surface area contributed by atoms with E-state index in [0.717, 1.165) is 12.1 Å². The number of aliphatic hydroxyl groups excluding tert-OH is 1. The van der Waals surface area contributed by atoms with E-state index in [-0.39, 0.29) is 4.47 Å². The zero-order chi connectivity index (χ0) is 10.9. The van der Waals surface area contributed by atoms with E-state index in [9.17, 15) is 13.2 Å². The molecule has 0 atom stereocenters. The van der Waals surface area contributed by atoms with Crippen molar-refractivity contribution in [3.8, 4) is 5.75 Å². The smallest absolute Gasteiger partial charge is 0.299 e. The van der Waals surface area contributed by atoms with Crippen LogP contribution in [0.3, 0.4) is 0 Å². The van der Waals surface area contributed by atoms with E-state index in [2.05, 4.69) is 15.9 Å². The van der Waals surface area contributed by atoms with E-state index < -0.39 is 29.7 Å². The van der Waals surface area contributed by atoms with Crippen LogP contribution in [0.5, 0.6) is 5.75 Å². The molecule has 0 heterocycles. The summed E-state index contributed by atoms with van der Waals surface area (Å²) >= 11 is 2.80. The topological polar surface area (TPSA) is 40.5 Å². The van der Waals surface area contributed by atoms with Crippen LogP contribution in [0, 0.1) is 5.82 Å². The van der Waals surface area contributed by atoms with Gasteiger partial charge in [0.2, 0.25) is 0 Å². The molecule has 0 fully saturated rings. The van der Waals surface area contributed by atoms with Crippen molar-refractivity contribution in [2.24, 2.45) is 0 Å². The molecule has 1 aromatic rings. The van der Waals surface area contributed by atoms with Gasteiger partial charge in [-0.25, -0.2) is 4.39 Å². The molecule has 78 valence electrons. The SMILES string of the molecule is OCC(F)(F)c1cc(Br)cc(F)c1O. The van der Waals surface area contributed by atoms with Gasteiger partial charge in [0.05, 0.1) is 5.56 Å². The van der Waals surface area contributed by atoms with Crippen LogP contribution in [0.1, 0.15) is 5.56 Å². The molecule has 0 aliphatic rings. The number of rotatable bonds is 2. The highest BCUT2D eigenvalue weighted by atomic mass is 79.9. The van der Waals surface area contributed by atoms with Crippen molar-refractivity contribution in [3.05, 3.63) is 28.0 Å². The first-order chi connectivity index (χ1) is 6.38. The van der Waals surface area contributed by atoms with Gasteiger partial charge in [-0.15, -0.1) is 0 Å². The molecule has 6 heteroatoms. The Morgan fingerprint density at radius 3 is 2.43 bits per heavy atom. The molecule has 0 aliphatic heterocycles. The number of aromatic hydroxyl groups is 1. The molecule has 0 saturated heterocycles. The third kappa shape index (κ3) is 2.01. The molecule has 0 saturated carbocycles. The number of benzene rings is 1. The lowest BCUT2D eigenvalue weighted by Gasteiger charge is -2.15. The van der Waals surface area contributed by atoms with E-state index in [0.29, 0.717) is 0 Å². The van der Waals surface area contributed by atoms with Crippen LogP contribution in [0.15, 0.2) is 16.6 Å². The van der Waals surface area contributed by atoms with Crippen molar-refractivity contribution >= 4 is 15.9 Å². The zero-order valence-corrected chi connectivity index (χ0v) is 8.35. The molecule has 14 heavy (non-hydrogen) atoms. The van der Waals surface area contributed by atoms with Gasteiger partial charge >= 0.3 is 0 Å². The zero-order valence-electron chi connectivity index (χ0n) is 6.77. The van der Waals surface area contributed by atoms with Gasteiger partial charge in [0.1, 0.15) is 6.61 Å². The maximum absolute atomic E-state index is 12.9. The van der Waals surface area contributed by atoms with Gasteiger partial charge in [-0.1, -0.05) is 15.9 Å². The highest BCUT2D eigenvalue weighted by molar-refractivity contribution is 9.10. The number of phenolic OH excluding ortho intramolecular Hbond substituents is 1. The summed E-state index contributed by atoms with van der Waals surface area (Å²) in [5, 5.41) is 17.4. The molecule has 2 N–H and O–H groups in total. The monoisotopic (exact) mass is 270 g/mol. The number of hydrogen-bond donors (Lipinski definition) is 2. The van der Waals surface area contributed by atoms with Crippen LogP contribution < -0.4 is 0 Å². The van der Waals surface area contributed by atoms with Crippen LogP contribution in [-0.4, -0.2) is 16.8 Å². The Hall–Kier alpha value is -0.750. The van der Waals surface area contributed by atoms with E-state index in [4.69, 9.17) is 10.2 Å². The van der Waals surface area contributed by atoms with Crippen LogP contribution in [0.4, 0.5) is 13.2 Å². The summed E-state index contributed by atoms with van der Waals surface area (Å²) < 4.78 is 38.7. The van der Waals surface area contributed by atoms with Crippen molar-refractivity contribution in [1.82, 2.24) is 0 Å². The number of phenols is 1. The number of alkyl halides is 2. The number of hydrogen-bond acceptors (Lipinski definition) is 2. The fourth-order valence-corrected chi connectivity index (χ4v) is 1.36. The average molecular weight is 271 g/mol. The van der Waals surface area contributed by atoms with Crippen molar-refractivity contribution in [3.63, 3.8) is 0 Å². The maximum Gasteiger partial charge on any atom is 0.299 e. The molecule has 0 radical (unpaired) electrons. The van der Waals surface area contributed by atoms with Crippen LogP contribution in [-0.2, 0) is 5.92 Å². The molecule has 0 spiro atoms. The van der Waals surface area contributed by atoms with E-state index >= 15 is 0 Å². The Balaban J connectivity index is 3.34. The highest BCUT2D eigenvalue weighted by Gasteiger charge is 2.35. The second-order valence-corrected chi connectivity index (χ2v) is 3.56. The minimum absolute atomic E-state index is 0.0657. The molecule has 0 bridgehead atoms. The quantitative estimate of drug-likeness (QED) is 0.867.